The maximum absolute atomic E-state index is 11.5. The van der Waals surface area contributed by atoms with Crippen LogP contribution in [0.2, 0.25) is 0 Å². The van der Waals surface area contributed by atoms with Crippen LogP contribution in [-0.4, -0.2) is 43.1 Å². The highest BCUT2D eigenvalue weighted by molar-refractivity contribution is 5.80. The fourth-order valence-corrected chi connectivity index (χ4v) is 1.70. The zero-order valence-electron chi connectivity index (χ0n) is 13.7. The Morgan fingerprint density at radius 2 is 1.64 bits per heavy atom. The first-order chi connectivity index (χ1) is 10.3. The monoisotopic (exact) mass is 313 g/mol. The number of nitrogens with one attached hydrogen (secondary N) is 3. The van der Waals surface area contributed by atoms with Crippen molar-refractivity contribution >= 4 is 17.9 Å². The molecule has 0 unspecified atom stereocenters. The summed E-state index contributed by atoms with van der Waals surface area (Å²) in [5.41, 5.74) is -0.544. The van der Waals surface area contributed by atoms with Gasteiger partial charge in [0, 0.05) is 32.0 Å². The van der Waals surface area contributed by atoms with Gasteiger partial charge in [0.1, 0.15) is 5.60 Å². The highest BCUT2D eigenvalue weighted by Crippen LogP contribution is 2.28. The maximum Gasteiger partial charge on any atom is 0.407 e. The van der Waals surface area contributed by atoms with Gasteiger partial charge in [-0.15, -0.1) is 0 Å². The molecular weight excluding hydrogens is 286 g/mol. The topological polar surface area (TPSA) is 96.5 Å². The summed E-state index contributed by atoms with van der Waals surface area (Å²) in [7, 11) is 0. The van der Waals surface area contributed by atoms with Crippen LogP contribution >= 0.6 is 0 Å². The summed E-state index contributed by atoms with van der Waals surface area (Å²) in [6.45, 7) is 6.66. The van der Waals surface area contributed by atoms with Crippen molar-refractivity contribution < 1.29 is 19.1 Å². The molecule has 0 heterocycles. The van der Waals surface area contributed by atoms with Crippen LogP contribution in [0, 0.1) is 5.92 Å². The number of amides is 3. The Bertz CT molecular complexity index is 400. The van der Waals surface area contributed by atoms with Crippen molar-refractivity contribution in [3.05, 3.63) is 0 Å². The third kappa shape index (κ3) is 9.20. The number of hydrogen-bond acceptors (Lipinski definition) is 4. The molecule has 0 spiro atoms. The normalized spacial score (nSPS) is 14.1. The van der Waals surface area contributed by atoms with E-state index in [-0.39, 0.29) is 30.7 Å². The van der Waals surface area contributed by atoms with E-state index in [1.165, 1.54) is 0 Å². The molecule has 7 nitrogen and oxygen atoms in total. The van der Waals surface area contributed by atoms with Crippen molar-refractivity contribution in [3.8, 4) is 0 Å². The first kappa shape index (κ1) is 18.3. The van der Waals surface area contributed by atoms with Gasteiger partial charge in [-0.25, -0.2) is 4.79 Å². The van der Waals surface area contributed by atoms with E-state index in [0.717, 1.165) is 12.8 Å². The second kappa shape index (κ2) is 8.60. The quantitative estimate of drug-likeness (QED) is 0.581. The van der Waals surface area contributed by atoms with E-state index >= 15 is 0 Å². The summed E-state index contributed by atoms with van der Waals surface area (Å²) >= 11 is 0. The zero-order valence-corrected chi connectivity index (χ0v) is 13.7. The molecule has 1 aliphatic rings. The van der Waals surface area contributed by atoms with E-state index in [2.05, 4.69) is 16.0 Å². The van der Waals surface area contributed by atoms with E-state index in [0.29, 0.717) is 19.5 Å². The van der Waals surface area contributed by atoms with Crippen LogP contribution in [0.1, 0.15) is 46.5 Å². The maximum atomic E-state index is 11.5. The Balaban J connectivity index is 1.94. The van der Waals surface area contributed by atoms with Crippen molar-refractivity contribution in [3.63, 3.8) is 0 Å². The van der Waals surface area contributed by atoms with Gasteiger partial charge in [0.15, 0.2) is 0 Å². The molecule has 0 aliphatic heterocycles. The van der Waals surface area contributed by atoms with Gasteiger partial charge in [-0.3, -0.25) is 9.59 Å². The SMILES string of the molecule is CC(C)(C)OC(=O)NCCC(=O)NCCCNC(=O)C1CC1. The molecule has 1 saturated carbocycles. The minimum atomic E-state index is -0.544. The van der Waals surface area contributed by atoms with Gasteiger partial charge in [-0.1, -0.05) is 0 Å². The molecule has 22 heavy (non-hydrogen) atoms. The average molecular weight is 313 g/mol. The minimum Gasteiger partial charge on any atom is -0.444 e. The number of carbonyl (C=O) groups is 3. The Labute approximate surface area is 131 Å². The number of ether oxygens (including phenoxy) is 1. The molecule has 3 amide bonds. The molecule has 1 aliphatic carbocycles. The van der Waals surface area contributed by atoms with Crippen LogP contribution in [0.15, 0.2) is 0 Å². The van der Waals surface area contributed by atoms with Gasteiger partial charge < -0.3 is 20.7 Å². The van der Waals surface area contributed by atoms with E-state index in [9.17, 15) is 14.4 Å². The summed E-state index contributed by atoms with van der Waals surface area (Å²) in [6, 6.07) is 0. The highest BCUT2D eigenvalue weighted by atomic mass is 16.6. The van der Waals surface area contributed by atoms with Crippen LogP contribution in [0.25, 0.3) is 0 Å². The summed E-state index contributed by atoms with van der Waals surface area (Å²) in [5.74, 6) is 0.200. The predicted octanol–water partition coefficient (Wildman–Crippen LogP) is 0.934. The van der Waals surface area contributed by atoms with Gasteiger partial charge in [0.25, 0.3) is 0 Å². The van der Waals surface area contributed by atoms with E-state index < -0.39 is 11.7 Å². The second-order valence-corrected chi connectivity index (χ2v) is 6.45. The van der Waals surface area contributed by atoms with Gasteiger partial charge in [-0.2, -0.15) is 0 Å². The molecule has 0 atom stereocenters. The van der Waals surface area contributed by atoms with Crippen LogP contribution in [0.3, 0.4) is 0 Å². The van der Waals surface area contributed by atoms with E-state index in [1.807, 2.05) is 0 Å². The lowest BCUT2D eigenvalue weighted by atomic mass is 10.2. The van der Waals surface area contributed by atoms with E-state index in [1.54, 1.807) is 20.8 Å². The molecular formula is C15H27N3O4. The highest BCUT2D eigenvalue weighted by Gasteiger charge is 2.28. The Kier molecular flexibility index (Phi) is 7.14. The lowest BCUT2D eigenvalue weighted by Gasteiger charge is -2.19. The first-order valence-corrected chi connectivity index (χ1v) is 7.79. The van der Waals surface area contributed by atoms with Gasteiger partial charge in [0.2, 0.25) is 11.8 Å². The van der Waals surface area contributed by atoms with Crippen molar-refractivity contribution in [1.29, 1.82) is 0 Å². The summed E-state index contributed by atoms with van der Waals surface area (Å²) < 4.78 is 5.06. The first-order valence-electron chi connectivity index (χ1n) is 7.79. The van der Waals surface area contributed by atoms with Crippen molar-refractivity contribution in [2.24, 2.45) is 5.92 Å². The molecule has 1 rings (SSSR count). The standard InChI is InChI=1S/C15H27N3O4/c1-15(2,3)22-14(21)18-10-7-12(19)16-8-4-9-17-13(20)11-5-6-11/h11H,4-10H2,1-3H3,(H,16,19)(H,17,20)(H,18,21). The van der Waals surface area contributed by atoms with Crippen LogP contribution < -0.4 is 16.0 Å². The molecule has 7 heteroatoms. The van der Waals surface area contributed by atoms with E-state index in [4.69, 9.17) is 4.74 Å². The number of rotatable bonds is 8. The van der Waals surface area contributed by atoms with Crippen LogP contribution in [0.5, 0.6) is 0 Å². The van der Waals surface area contributed by atoms with Gasteiger partial charge in [0.05, 0.1) is 0 Å². The number of alkyl carbamates (subject to hydrolysis) is 1. The predicted molar refractivity (Wildman–Crippen MR) is 82.2 cm³/mol. The summed E-state index contributed by atoms with van der Waals surface area (Å²) in [6.07, 6.45) is 2.36. The third-order valence-electron chi connectivity index (χ3n) is 2.94. The fourth-order valence-electron chi connectivity index (χ4n) is 1.70. The molecule has 3 N–H and O–H groups in total. The average Bonchev–Trinajstić information content (AvgIpc) is 3.20. The fraction of sp³-hybridized carbons (Fsp3) is 0.800. The molecule has 0 aromatic carbocycles. The van der Waals surface area contributed by atoms with Crippen molar-refractivity contribution in [2.75, 3.05) is 19.6 Å². The Morgan fingerprint density at radius 3 is 2.23 bits per heavy atom. The lowest BCUT2D eigenvalue weighted by Crippen LogP contribution is -2.35. The largest absolute Gasteiger partial charge is 0.444 e. The number of carbonyl (C=O) groups excluding carboxylic acids is 3. The van der Waals surface area contributed by atoms with Crippen molar-refractivity contribution in [1.82, 2.24) is 16.0 Å². The van der Waals surface area contributed by atoms with Gasteiger partial charge >= 0.3 is 6.09 Å². The number of hydrogen-bond donors (Lipinski definition) is 3. The molecule has 0 aromatic rings. The Hall–Kier alpha value is -1.79. The third-order valence-corrected chi connectivity index (χ3v) is 2.94. The van der Waals surface area contributed by atoms with Crippen LogP contribution in [-0.2, 0) is 14.3 Å². The summed E-state index contributed by atoms with van der Waals surface area (Å²) in [4.78, 5) is 34.2. The smallest absolute Gasteiger partial charge is 0.407 e. The van der Waals surface area contributed by atoms with Crippen molar-refractivity contribution in [2.45, 2.75) is 52.1 Å². The molecule has 1 fully saturated rings. The Morgan fingerprint density at radius 1 is 1.00 bits per heavy atom. The second-order valence-electron chi connectivity index (χ2n) is 6.45. The minimum absolute atomic E-state index is 0.118. The summed E-state index contributed by atoms with van der Waals surface area (Å²) in [5, 5.41) is 8.10. The van der Waals surface area contributed by atoms with Gasteiger partial charge in [-0.05, 0) is 40.0 Å². The molecule has 0 saturated heterocycles. The molecule has 0 bridgehead atoms. The molecule has 126 valence electrons. The van der Waals surface area contributed by atoms with Crippen LogP contribution in [0.4, 0.5) is 4.79 Å². The lowest BCUT2D eigenvalue weighted by molar-refractivity contribution is -0.122. The molecule has 0 aromatic heterocycles. The molecule has 0 radical (unpaired) electrons. The zero-order chi connectivity index (χ0) is 16.6.